The molecule has 12 heavy (non-hydrogen) atoms. The Labute approximate surface area is 71.9 Å². The van der Waals surface area contributed by atoms with E-state index in [-0.39, 0.29) is 5.41 Å². The van der Waals surface area contributed by atoms with E-state index in [1.54, 1.807) is 0 Å². The fourth-order valence-corrected chi connectivity index (χ4v) is 1.58. The van der Waals surface area contributed by atoms with Gasteiger partial charge < -0.3 is 15.5 Å². The molecule has 1 aliphatic heterocycles. The van der Waals surface area contributed by atoms with Gasteiger partial charge in [0.15, 0.2) is 0 Å². The fraction of sp³-hybridized carbons (Fsp3) is 0.556. The Morgan fingerprint density at radius 2 is 2.42 bits per heavy atom. The van der Waals surface area contributed by atoms with Crippen molar-refractivity contribution < 1.29 is 4.74 Å². The number of nitrogens with one attached hydrogen (secondary N) is 1. The molecule has 1 saturated heterocycles. The summed E-state index contributed by atoms with van der Waals surface area (Å²) in [6, 6.07) is 2.09. The van der Waals surface area contributed by atoms with Crippen LogP contribution in [0.25, 0.3) is 0 Å². The monoisotopic (exact) mass is 166 g/mol. The average molecular weight is 166 g/mol. The number of aromatic nitrogens is 1. The zero-order valence-electron chi connectivity index (χ0n) is 7.05. The third-order valence-electron chi connectivity index (χ3n) is 2.49. The molecular weight excluding hydrogens is 152 g/mol. The maximum atomic E-state index is 5.70. The molecule has 2 rings (SSSR count). The van der Waals surface area contributed by atoms with E-state index in [1.165, 1.54) is 5.56 Å². The molecule has 0 aromatic carbocycles. The molecule has 3 N–H and O–H groups in total. The molecule has 1 aliphatic rings. The van der Waals surface area contributed by atoms with Crippen molar-refractivity contribution in [2.75, 3.05) is 19.8 Å². The van der Waals surface area contributed by atoms with Crippen molar-refractivity contribution in [2.45, 2.75) is 6.42 Å². The van der Waals surface area contributed by atoms with E-state index < -0.39 is 0 Å². The Morgan fingerprint density at radius 3 is 2.83 bits per heavy atom. The van der Waals surface area contributed by atoms with Gasteiger partial charge in [0.25, 0.3) is 0 Å². The lowest BCUT2D eigenvalue weighted by atomic mass is 9.80. The third-order valence-corrected chi connectivity index (χ3v) is 2.49. The summed E-state index contributed by atoms with van der Waals surface area (Å²) < 4.78 is 5.19. The molecule has 1 aromatic rings. The predicted molar refractivity (Wildman–Crippen MR) is 46.8 cm³/mol. The van der Waals surface area contributed by atoms with Gasteiger partial charge in [-0.2, -0.15) is 0 Å². The lowest BCUT2D eigenvalue weighted by molar-refractivity contribution is -0.106. The molecule has 0 bridgehead atoms. The summed E-state index contributed by atoms with van der Waals surface area (Å²) in [6.45, 7) is 2.35. The van der Waals surface area contributed by atoms with Gasteiger partial charge >= 0.3 is 0 Å². The van der Waals surface area contributed by atoms with E-state index in [0.717, 1.165) is 26.2 Å². The molecule has 1 aromatic heterocycles. The zero-order chi connectivity index (χ0) is 8.44. The number of ether oxygens (including phenoxy) is 1. The second-order valence-electron chi connectivity index (χ2n) is 3.59. The van der Waals surface area contributed by atoms with Crippen LogP contribution in [0.2, 0.25) is 0 Å². The summed E-state index contributed by atoms with van der Waals surface area (Å²) in [7, 11) is 0. The lowest BCUT2D eigenvalue weighted by Gasteiger charge is -2.40. The summed E-state index contributed by atoms with van der Waals surface area (Å²) in [5.41, 5.74) is 7.24. The molecule has 0 amide bonds. The summed E-state index contributed by atoms with van der Waals surface area (Å²) in [5, 5.41) is 0. The first-order valence-electron chi connectivity index (χ1n) is 4.24. The van der Waals surface area contributed by atoms with Crippen LogP contribution in [-0.2, 0) is 11.2 Å². The fourth-order valence-electron chi connectivity index (χ4n) is 1.58. The van der Waals surface area contributed by atoms with Crippen LogP contribution in [0.1, 0.15) is 5.56 Å². The number of nitrogens with two attached hydrogens (primary N) is 1. The average Bonchev–Trinajstić information content (AvgIpc) is 2.49. The van der Waals surface area contributed by atoms with Crippen LogP contribution in [0, 0.1) is 5.41 Å². The Hall–Kier alpha value is -0.800. The molecule has 1 fully saturated rings. The minimum Gasteiger partial charge on any atom is -0.380 e. The summed E-state index contributed by atoms with van der Waals surface area (Å²) >= 11 is 0. The van der Waals surface area contributed by atoms with Crippen LogP contribution in [-0.4, -0.2) is 24.7 Å². The molecule has 0 saturated carbocycles. The lowest BCUT2D eigenvalue weighted by Crippen LogP contribution is -2.49. The quantitative estimate of drug-likeness (QED) is 0.688. The molecule has 3 nitrogen and oxygen atoms in total. The van der Waals surface area contributed by atoms with Gasteiger partial charge in [-0.25, -0.2) is 0 Å². The Bertz CT molecular complexity index is 234. The van der Waals surface area contributed by atoms with Crippen molar-refractivity contribution in [1.29, 1.82) is 0 Å². The predicted octanol–water partition coefficient (Wildman–Crippen LogP) is 0.532. The van der Waals surface area contributed by atoms with Gasteiger partial charge in [-0.05, 0) is 18.1 Å². The van der Waals surface area contributed by atoms with Gasteiger partial charge in [0.05, 0.1) is 13.2 Å². The number of hydrogen-bond donors (Lipinski definition) is 2. The number of H-pyrrole nitrogens is 1. The van der Waals surface area contributed by atoms with Gasteiger partial charge in [0.2, 0.25) is 0 Å². The molecule has 0 spiro atoms. The molecule has 0 atom stereocenters. The molecule has 66 valence electrons. The van der Waals surface area contributed by atoms with Crippen molar-refractivity contribution in [1.82, 2.24) is 4.98 Å². The first-order chi connectivity index (χ1) is 5.85. The van der Waals surface area contributed by atoms with Crippen molar-refractivity contribution in [2.24, 2.45) is 11.1 Å². The Morgan fingerprint density at radius 1 is 1.58 bits per heavy atom. The standard InChI is InChI=1S/C9H14N2O/c10-5-9(6-12-7-9)3-8-1-2-11-4-8/h1-2,4,11H,3,5-7,10H2. The van der Waals surface area contributed by atoms with Crippen LogP contribution in [0.5, 0.6) is 0 Å². The van der Waals surface area contributed by atoms with Gasteiger partial charge in [0, 0.05) is 24.4 Å². The van der Waals surface area contributed by atoms with Gasteiger partial charge in [0.1, 0.15) is 0 Å². The maximum Gasteiger partial charge on any atom is 0.0560 e. The first-order valence-corrected chi connectivity index (χ1v) is 4.24. The number of rotatable bonds is 3. The molecule has 0 aliphatic carbocycles. The summed E-state index contributed by atoms with van der Waals surface area (Å²) in [5.74, 6) is 0. The van der Waals surface area contributed by atoms with E-state index in [1.807, 2.05) is 12.4 Å². The van der Waals surface area contributed by atoms with Gasteiger partial charge in [-0.3, -0.25) is 0 Å². The molecule has 2 heterocycles. The van der Waals surface area contributed by atoms with Crippen molar-refractivity contribution in [3.63, 3.8) is 0 Å². The normalized spacial score (nSPS) is 20.4. The van der Waals surface area contributed by atoms with E-state index in [0.29, 0.717) is 0 Å². The third kappa shape index (κ3) is 1.26. The van der Waals surface area contributed by atoms with Crippen molar-refractivity contribution >= 4 is 0 Å². The topological polar surface area (TPSA) is 51.0 Å². The number of aromatic amines is 1. The van der Waals surface area contributed by atoms with Crippen LogP contribution >= 0.6 is 0 Å². The minimum atomic E-state index is 0.224. The van der Waals surface area contributed by atoms with Gasteiger partial charge in [-0.1, -0.05) is 0 Å². The highest BCUT2D eigenvalue weighted by atomic mass is 16.5. The van der Waals surface area contributed by atoms with Gasteiger partial charge in [-0.15, -0.1) is 0 Å². The first kappa shape index (κ1) is 7.83. The second kappa shape index (κ2) is 2.92. The highest BCUT2D eigenvalue weighted by molar-refractivity contribution is 5.12. The molecular formula is C9H14N2O. The molecule has 0 unspecified atom stereocenters. The summed E-state index contributed by atoms with van der Waals surface area (Å²) in [4.78, 5) is 3.04. The van der Waals surface area contributed by atoms with E-state index in [9.17, 15) is 0 Å². The summed E-state index contributed by atoms with van der Waals surface area (Å²) in [6.07, 6.45) is 5.00. The van der Waals surface area contributed by atoms with Crippen LogP contribution in [0.4, 0.5) is 0 Å². The largest absolute Gasteiger partial charge is 0.380 e. The SMILES string of the molecule is NCC1(Cc2cc[nH]c2)COC1. The van der Waals surface area contributed by atoms with Crippen LogP contribution in [0.3, 0.4) is 0 Å². The molecule has 3 heteroatoms. The smallest absolute Gasteiger partial charge is 0.0560 e. The minimum absolute atomic E-state index is 0.224. The Kier molecular flexibility index (Phi) is 1.90. The molecule has 0 radical (unpaired) electrons. The highest BCUT2D eigenvalue weighted by Gasteiger charge is 2.37. The second-order valence-corrected chi connectivity index (χ2v) is 3.59. The van der Waals surface area contributed by atoms with E-state index >= 15 is 0 Å². The maximum absolute atomic E-state index is 5.70. The highest BCUT2D eigenvalue weighted by Crippen LogP contribution is 2.30. The van der Waals surface area contributed by atoms with Crippen molar-refractivity contribution in [3.8, 4) is 0 Å². The van der Waals surface area contributed by atoms with Crippen molar-refractivity contribution in [3.05, 3.63) is 24.0 Å². The zero-order valence-corrected chi connectivity index (χ0v) is 7.05. The van der Waals surface area contributed by atoms with Crippen LogP contribution in [0.15, 0.2) is 18.5 Å². The van der Waals surface area contributed by atoms with E-state index in [2.05, 4.69) is 11.1 Å². The number of hydrogen-bond acceptors (Lipinski definition) is 2. The van der Waals surface area contributed by atoms with Crippen LogP contribution < -0.4 is 5.73 Å². The van der Waals surface area contributed by atoms with E-state index in [4.69, 9.17) is 10.5 Å². The Balaban J connectivity index is 2.01.